The number of furan rings is 1. The summed E-state index contributed by atoms with van der Waals surface area (Å²) in [4.78, 5) is 47.4. The van der Waals surface area contributed by atoms with Crippen LogP contribution in [-0.4, -0.2) is 64.5 Å². The number of amides is 2. The molecule has 0 unspecified atom stereocenters. The predicted octanol–water partition coefficient (Wildman–Crippen LogP) is 3.78. The van der Waals surface area contributed by atoms with Crippen LogP contribution in [-0.2, 0) is 18.3 Å². The largest absolute Gasteiger partial charge is 0.493 e. The highest BCUT2D eigenvalue weighted by Gasteiger charge is 2.43. The van der Waals surface area contributed by atoms with E-state index in [9.17, 15) is 14.4 Å². The molecule has 39 heavy (non-hydrogen) atoms. The van der Waals surface area contributed by atoms with Crippen molar-refractivity contribution in [3.63, 3.8) is 0 Å². The van der Waals surface area contributed by atoms with Gasteiger partial charge in [0.15, 0.2) is 17.1 Å². The third-order valence-corrected chi connectivity index (χ3v) is 8.47. The fraction of sp³-hybridized carbons (Fsp3) is 0.400. The highest BCUT2D eigenvalue weighted by Crippen LogP contribution is 2.41. The lowest BCUT2D eigenvalue weighted by molar-refractivity contribution is -0.130. The van der Waals surface area contributed by atoms with E-state index in [1.165, 1.54) is 0 Å². The van der Waals surface area contributed by atoms with Crippen molar-refractivity contribution in [1.82, 2.24) is 19.4 Å². The molecule has 9 heteroatoms. The number of hydrogen-bond donors (Lipinski definition) is 0. The molecule has 2 aliphatic rings. The van der Waals surface area contributed by atoms with Gasteiger partial charge in [0, 0.05) is 51.5 Å². The van der Waals surface area contributed by atoms with Gasteiger partial charge in [0.25, 0.3) is 11.5 Å². The van der Waals surface area contributed by atoms with E-state index in [1.54, 1.807) is 24.8 Å². The Balaban J connectivity index is 1.06. The quantitative estimate of drug-likeness (QED) is 0.391. The number of carbonyl (C=O) groups excluding carboxylic acids is 2. The molecule has 2 aliphatic heterocycles. The van der Waals surface area contributed by atoms with Crippen LogP contribution in [0.1, 0.15) is 41.9 Å². The first-order chi connectivity index (χ1) is 18.9. The van der Waals surface area contributed by atoms with Gasteiger partial charge in [-0.15, -0.1) is 0 Å². The maximum atomic E-state index is 13.2. The maximum Gasteiger partial charge on any atom is 0.289 e. The smallest absolute Gasteiger partial charge is 0.289 e. The van der Waals surface area contributed by atoms with E-state index in [2.05, 4.69) is 4.98 Å². The van der Waals surface area contributed by atoms with Crippen molar-refractivity contribution >= 4 is 33.8 Å². The van der Waals surface area contributed by atoms with Crippen molar-refractivity contribution in [3.05, 3.63) is 70.3 Å². The normalized spacial score (nSPS) is 16.9. The lowest BCUT2D eigenvalue weighted by atomic mass is 9.77. The van der Waals surface area contributed by atoms with Crippen LogP contribution in [0.2, 0.25) is 0 Å². The molecule has 6 rings (SSSR count). The first-order valence-corrected chi connectivity index (χ1v) is 13.5. The van der Waals surface area contributed by atoms with E-state index in [0.29, 0.717) is 55.4 Å². The molecule has 2 amide bonds. The Morgan fingerprint density at radius 2 is 1.77 bits per heavy atom. The lowest BCUT2D eigenvalue weighted by Gasteiger charge is -2.39. The van der Waals surface area contributed by atoms with E-state index in [0.717, 1.165) is 35.7 Å². The van der Waals surface area contributed by atoms with E-state index in [1.807, 2.05) is 52.3 Å². The minimum absolute atomic E-state index is 0.0286. The third-order valence-electron chi connectivity index (χ3n) is 8.47. The molecule has 2 fully saturated rings. The van der Waals surface area contributed by atoms with Crippen LogP contribution < -0.4 is 10.3 Å². The van der Waals surface area contributed by atoms with Crippen LogP contribution >= 0.6 is 0 Å². The summed E-state index contributed by atoms with van der Waals surface area (Å²) in [5.74, 6) is 0.871. The minimum atomic E-state index is -0.153. The molecule has 0 saturated carbocycles. The Hall–Kier alpha value is -4.14. The van der Waals surface area contributed by atoms with Gasteiger partial charge in [-0.2, -0.15) is 0 Å². The summed E-state index contributed by atoms with van der Waals surface area (Å²) in [6.07, 6.45) is 3.21. The summed E-state index contributed by atoms with van der Waals surface area (Å²) in [6, 6.07) is 14.9. The van der Waals surface area contributed by atoms with Gasteiger partial charge in [0.2, 0.25) is 5.91 Å². The van der Waals surface area contributed by atoms with Crippen molar-refractivity contribution in [2.75, 3.05) is 33.3 Å². The average molecular weight is 529 g/mol. The maximum absolute atomic E-state index is 13.2. The van der Waals surface area contributed by atoms with Crippen molar-refractivity contribution in [2.45, 2.75) is 32.1 Å². The third kappa shape index (κ3) is 4.56. The first-order valence-electron chi connectivity index (χ1n) is 13.5. The molecular formula is C30H32N4O5. The lowest BCUT2D eigenvalue weighted by Crippen LogP contribution is -2.44. The number of likely N-dealkylation sites (tertiary alicyclic amines) is 2. The second-order valence-electron chi connectivity index (χ2n) is 10.8. The van der Waals surface area contributed by atoms with E-state index >= 15 is 0 Å². The minimum Gasteiger partial charge on any atom is -0.493 e. The molecule has 9 nitrogen and oxygen atoms in total. The molecule has 2 aromatic carbocycles. The van der Waals surface area contributed by atoms with E-state index in [4.69, 9.17) is 9.15 Å². The Morgan fingerprint density at radius 1 is 1.03 bits per heavy atom. The summed E-state index contributed by atoms with van der Waals surface area (Å²) < 4.78 is 12.8. The van der Waals surface area contributed by atoms with Gasteiger partial charge in [0.1, 0.15) is 5.69 Å². The van der Waals surface area contributed by atoms with Crippen molar-refractivity contribution in [3.8, 4) is 5.75 Å². The van der Waals surface area contributed by atoms with Gasteiger partial charge >= 0.3 is 0 Å². The molecule has 1 spiro atoms. The van der Waals surface area contributed by atoms with E-state index in [-0.39, 0.29) is 29.2 Å². The average Bonchev–Trinajstić information content (AvgIpc) is 3.59. The number of benzene rings is 2. The Bertz CT molecular complexity index is 1630. The number of rotatable bonds is 5. The standard InChI is InChI=1S/C30H32N4O5/c1-32-23-8-4-3-7-21(23)31-22(28(32)36)10-11-26(35)34-17-14-30(19-34)12-15-33(16-13-30)29(37)25-18-20-6-5-9-24(38-2)27(20)39-25/h3-9,18H,10-17,19H2,1-2H3. The van der Waals surface area contributed by atoms with Crippen LogP contribution in [0.4, 0.5) is 0 Å². The predicted molar refractivity (Wildman–Crippen MR) is 147 cm³/mol. The van der Waals surface area contributed by atoms with Gasteiger partial charge in [-0.25, -0.2) is 4.98 Å². The topological polar surface area (TPSA) is 97.9 Å². The molecule has 0 N–H and O–H groups in total. The summed E-state index contributed by atoms with van der Waals surface area (Å²) in [6.45, 7) is 2.66. The molecule has 0 bridgehead atoms. The number of methoxy groups -OCH3 is 1. The molecule has 0 atom stereocenters. The summed E-state index contributed by atoms with van der Waals surface area (Å²) >= 11 is 0. The van der Waals surface area contributed by atoms with Gasteiger partial charge in [-0.3, -0.25) is 14.4 Å². The second-order valence-corrected chi connectivity index (χ2v) is 10.8. The summed E-state index contributed by atoms with van der Waals surface area (Å²) in [7, 11) is 3.32. The summed E-state index contributed by atoms with van der Waals surface area (Å²) in [5.41, 5.74) is 2.42. The zero-order valence-electron chi connectivity index (χ0n) is 22.3. The van der Waals surface area contributed by atoms with Crippen molar-refractivity contribution in [2.24, 2.45) is 12.5 Å². The van der Waals surface area contributed by atoms with Gasteiger partial charge in [0.05, 0.1) is 18.1 Å². The highest BCUT2D eigenvalue weighted by atomic mass is 16.5. The molecule has 0 aliphatic carbocycles. The monoisotopic (exact) mass is 528 g/mol. The highest BCUT2D eigenvalue weighted by molar-refractivity contribution is 5.97. The van der Waals surface area contributed by atoms with Crippen molar-refractivity contribution < 1.29 is 18.7 Å². The number of hydrogen-bond acceptors (Lipinski definition) is 6. The molecule has 2 aromatic heterocycles. The molecular weight excluding hydrogens is 496 g/mol. The molecule has 202 valence electrons. The van der Waals surface area contributed by atoms with E-state index < -0.39 is 0 Å². The zero-order chi connectivity index (χ0) is 27.1. The molecule has 2 saturated heterocycles. The fourth-order valence-electron chi connectivity index (χ4n) is 6.08. The van der Waals surface area contributed by atoms with Crippen LogP contribution in [0.25, 0.3) is 22.0 Å². The van der Waals surface area contributed by atoms with Gasteiger partial charge < -0.3 is 23.5 Å². The number of carbonyl (C=O) groups is 2. The van der Waals surface area contributed by atoms with Crippen LogP contribution in [0.15, 0.2) is 57.7 Å². The number of fused-ring (bicyclic) bond motifs is 2. The van der Waals surface area contributed by atoms with Crippen LogP contribution in [0, 0.1) is 5.41 Å². The number of aromatic nitrogens is 2. The Morgan fingerprint density at radius 3 is 2.54 bits per heavy atom. The number of aryl methyl sites for hydroxylation is 2. The number of piperidine rings is 1. The van der Waals surface area contributed by atoms with Crippen LogP contribution in [0.5, 0.6) is 5.75 Å². The number of ether oxygens (including phenoxy) is 1. The molecule has 0 radical (unpaired) electrons. The second kappa shape index (κ2) is 9.87. The van der Waals surface area contributed by atoms with Crippen LogP contribution in [0.3, 0.4) is 0 Å². The van der Waals surface area contributed by atoms with Gasteiger partial charge in [-0.05, 0) is 48.9 Å². The Labute approximate surface area is 226 Å². The molecule has 4 heterocycles. The first kappa shape index (κ1) is 25.2. The number of para-hydroxylation sites is 3. The SMILES string of the molecule is COc1cccc2cc(C(=O)N3CCC4(CCN(C(=O)CCc5nc6ccccc6n(C)c5=O)C4)CC3)oc12. The number of nitrogens with zero attached hydrogens (tertiary/aromatic N) is 4. The van der Waals surface area contributed by atoms with Crippen molar-refractivity contribution in [1.29, 1.82) is 0 Å². The summed E-state index contributed by atoms with van der Waals surface area (Å²) in [5, 5.41) is 0.841. The fourth-order valence-corrected chi connectivity index (χ4v) is 6.08. The molecule has 4 aromatic rings. The Kier molecular flexibility index (Phi) is 6.37. The van der Waals surface area contributed by atoms with Gasteiger partial charge in [-0.1, -0.05) is 24.3 Å². The zero-order valence-corrected chi connectivity index (χ0v) is 22.3.